The molecule has 100 valence electrons. The fraction of sp³-hybridized carbons (Fsp3) is 0.250. The Kier molecular flexibility index (Phi) is 4.53. The molecule has 1 N–H and O–H groups in total. The Labute approximate surface area is 113 Å². The highest BCUT2D eigenvalue weighted by Gasteiger charge is 2.09. The van der Waals surface area contributed by atoms with Gasteiger partial charge < -0.3 is 10.2 Å². The summed E-state index contributed by atoms with van der Waals surface area (Å²) in [5.74, 6) is -0.182. The first-order chi connectivity index (χ1) is 9.20. The van der Waals surface area contributed by atoms with Crippen LogP contribution in [0.4, 0.5) is 10.1 Å². The predicted octanol–water partition coefficient (Wildman–Crippen LogP) is 3.18. The molecular formula is C16H19FN2. The highest BCUT2D eigenvalue weighted by atomic mass is 19.1. The Morgan fingerprint density at radius 3 is 2.47 bits per heavy atom. The van der Waals surface area contributed by atoms with Crippen molar-refractivity contribution in [3.63, 3.8) is 0 Å². The van der Waals surface area contributed by atoms with Gasteiger partial charge in [-0.25, -0.2) is 4.39 Å². The molecule has 2 rings (SSSR count). The zero-order chi connectivity index (χ0) is 13.7. The van der Waals surface area contributed by atoms with E-state index in [0.717, 1.165) is 12.1 Å². The van der Waals surface area contributed by atoms with Gasteiger partial charge in [0.05, 0.1) is 5.69 Å². The molecule has 2 aromatic rings. The summed E-state index contributed by atoms with van der Waals surface area (Å²) >= 11 is 0. The average Bonchev–Trinajstić information content (AvgIpc) is 2.42. The van der Waals surface area contributed by atoms with E-state index in [9.17, 15) is 4.39 Å². The van der Waals surface area contributed by atoms with Crippen LogP contribution in [0, 0.1) is 5.82 Å². The summed E-state index contributed by atoms with van der Waals surface area (Å²) in [6.45, 7) is 1.44. The van der Waals surface area contributed by atoms with Crippen LogP contribution >= 0.6 is 0 Å². The van der Waals surface area contributed by atoms with E-state index in [4.69, 9.17) is 0 Å². The third-order valence-electron chi connectivity index (χ3n) is 3.07. The third-order valence-corrected chi connectivity index (χ3v) is 3.07. The summed E-state index contributed by atoms with van der Waals surface area (Å²) in [6, 6.07) is 15.3. The highest BCUT2D eigenvalue weighted by Crippen LogP contribution is 2.21. The largest absolute Gasteiger partial charge is 0.368 e. The molecule has 3 heteroatoms. The molecule has 0 amide bonds. The molecule has 0 fully saturated rings. The quantitative estimate of drug-likeness (QED) is 0.886. The lowest BCUT2D eigenvalue weighted by molar-refractivity contribution is 0.620. The van der Waals surface area contributed by atoms with E-state index >= 15 is 0 Å². The second kappa shape index (κ2) is 6.34. The predicted molar refractivity (Wildman–Crippen MR) is 77.7 cm³/mol. The second-order valence-electron chi connectivity index (χ2n) is 4.66. The number of nitrogens with zero attached hydrogens (tertiary/aromatic N) is 1. The van der Waals surface area contributed by atoms with Crippen molar-refractivity contribution < 1.29 is 4.39 Å². The van der Waals surface area contributed by atoms with Gasteiger partial charge >= 0.3 is 0 Å². The Hall–Kier alpha value is -1.87. The number of benzene rings is 2. The van der Waals surface area contributed by atoms with Gasteiger partial charge in [0, 0.05) is 20.1 Å². The third kappa shape index (κ3) is 3.55. The first-order valence-corrected chi connectivity index (χ1v) is 6.39. The van der Waals surface area contributed by atoms with Gasteiger partial charge in [0.1, 0.15) is 5.82 Å². The Balaban J connectivity index is 2.18. The van der Waals surface area contributed by atoms with Gasteiger partial charge in [-0.05, 0) is 30.3 Å². The summed E-state index contributed by atoms with van der Waals surface area (Å²) in [5, 5.41) is 3.08. The van der Waals surface area contributed by atoms with E-state index in [1.165, 1.54) is 11.6 Å². The summed E-state index contributed by atoms with van der Waals surface area (Å²) in [4.78, 5) is 1.93. The van der Waals surface area contributed by atoms with Crippen molar-refractivity contribution in [2.45, 2.75) is 13.1 Å². The average molecular weight is 258 g/mol. The zero-order valence-corrected chi connectivity index (χ0v) is 11.4. The van der Waals surface area contributed by atoms with Gasteiger partial charge in [-0.3, -0.25) is 0 Å². The van der Waals surface area contributed by atoms with Gasteiger partial charge in [0.15, 0.2) is 0 Å². The maximum atomic E-state index is 13.9. The molecule has 2 aromatic carbocycles. The van der Waals surface area contributed by atoms with Gasteiger partial charge in [0.2, 0.25) is 0 Å². The monoisotopic (exact) mass is 258 g/mol. The van der Waals surface area contributed by atoms with Crippen LogP contribution in [0.25, 0.3) is 0 Å². The van der Waals surface area contributed by atoms with E-state index < -0.39 is 0 Å². The van der Waals surface area contributed by atoms with E-state index in [0.29, 0.717) is 12.2 Å². The summed E-state index contributed by atoms with van der Waals surface area (Å²) in [6.07, 6.45) is 0. The Morgan fingerprint density at radius 1 is 1.05 bits per heavy atom. The Bertz CT molecular complexity index is 526. The van der Waals surface area contributed by atoms with Crippen molar-refractivity contribution >= 4 is 5.69 Å². The van der Waals surface area contributed by atoms with Gasteiger partial charge in [-0.2, -0.15) is 0 Å². The number of hydrogen-bond acceptors (Lipinski definition) is 2. The molecule has 0 spiro atoms. The standard InChI is InChI=1S/C16H19FN2/c1-18-11-14-8-9-15(17)16(10-14)19(2)12-13-6-4-3-5-7-13/h3-10,18H,11-12H2,1-2H3. The number of anilines is 1. The van der Waals surface area contributed by atoms with Crippen LogP contribution in [0.3, 0.4) is 0 Å². The highest BCUT2D eigenvalue weighted by molar-refractivity contribution is 5.50. The lowest BCUT2D eigenvalue weighted by atomic mass is 10.1. The van der Waals surface area contributed by atoms with Gasteiger partial charge in [0.25, 0.3) is 0 Å². The van der Waals surface area contributed by atoms with Crippen LogP contribution in [0.15, 0.2) is 48.5 Å². The molecule has 0 saturated heterocycles. The van der Waals surface area contributed by atoms with Crippen LogP contribution in [-0.4, -0.2) is 14.1 Å². The summed E-state index contributed by atoms with van der Waals surface area (Å²) in [7, 11) is 3.80. The number of rotatable bonds is 5. The van der Waals surface area contributed by atoms with Crippen LogP contribution in [0.2, 0.25) is 0 Å². The second-order valence-corrected chi connectivity index (χ2v) is 4.66. The molecule has 0 bridgehead atoms. The molecule has 0 heterocycles. The van der Waals surface area contributed by atoms with Gasteiger partial charge in [-0.1, -0.05) is 36.4 Å². The Morgan fingerprint density at radius 2 is 1.79 bits per heavy atom. The van der Waals surface area contributed by atoms with Crippen molar-refractivity contribution in [3.05, 3.63) is 65.5 Å². The van der Waals surface area contributed by atoms with E-state index in [1.54, 1.807) is 0 Å². The first kappa shape index (κ1) is 13.6. The van der Waals surface area contributed by atoms with E-state index in [1.807, 2.05) is 61.5 Å². The molecule has 0 aromatic heterocycles. The lowest BCUT2D eigenvalue weighted by Crippen LogP contribution is -2.18. The SMILES string of the molecule is CNCc1ccc(F)c(N(C)Cc2ccccc2)c1. The van der Waals surface area contributed by atoms with Crippen molar-refractivity contribution in [1.82, 2.24) is 5.32 Å². The number of hydrogen-bond donors (Lipinski definition) is 1. The zero-order valence-electron chi connectivity index (χ0n) is 11.4. The minimum Gasteiger partial charge on any atom is -0.368 e. The molecule has 0 aliphatic carbocycles. The fourth-order valence-electron chi connectivity index (χ4n) is 2.11. The lowest BCUT2D eigenvalue weighted by Gasteiger charge is -2.21. The molecule has 0 radical (unpaired) electrons. The van der Waals surface area contributed by atoms with Crippen LogP contribution < -0.4 is 10.2 Å². The topological polar surface area (TPSA) is 15.3 Å². The summed E-state index contributed by atoms with van der Waals surface area (Å²) < 4.78 is 13.9. The maximum Gasteiger partial charge on any atom is 0.146 e. The molecule has 0 saturated carbocycles. The molecule has 0 atom stereocenters. The first-order valence-electron chi connectivity index (χ1n) is 6.39. The number of halogens is 1. The normalized spacial score (nSPS) is 10.5. The van der Waals surface area contributed by atoms with Crippen molar-refractivity contribution in [1.29, 1.82) is 0 Å². The smallest absolute Gasteiger partial charge is 0.146 e. The minimum atomic E-state index is -0.182. The fourth-order valence-corrected chi connectivity index (χ4v) is 2.11. The van der Waals surface area contributed by atoms with Crippen molar-refractivity contribution in [2.75, 3.05) is 19.0 Å². The van der Waals surface area contributed by atoms with E-state index in [-0.39, 0.29) is 5.82 Å². The van der Waals surface area contributed by atoms with Crippen molar-refractivity contribution in [3.8, 4) is 0 Å². The van der Waals surface area contributed by atoms with E-state index in [2.05, 4.69) is 5.32 Å². The molecular weight excluding hydrogens is 239 g/mol. The van der Waals surface area contributed by atoms with Crippen LogP contribution in [0.1, 0.15) is 11.1 Å². The molecule has 0 aliphatic heterocycles. The molecule has 0 unspecified atom stereocenters. The summed E-state index contributed by atoms with van der Waals surface area (Å²) in [5.41, 5.74) is 2.89. The maximum absolute atomic E-state index is 13.9. The molecule has 2 nitrogen and oxygen atoms in total. The number of nitrogens with one attached hydrogen (secondary N) is 1. The van der Waals surface area contributed by atoms with Crippen LogP contribution in [-0.2, 0) is 13.1 Å². The molecule has 19 heavy (non-hydrogen) atoms. The van der Waals surface area contributed by atoms with Crippen molar-refractivity contribution in [2.24, 2.45) is 0 Å². The van der Waals surface area contributed by atoms with Gasteiger partial charge in [-0.15, -0.1) is 0 Å². The minimum absolute atomic E-state index is 0.182. The molecule has 0 aliphatic rings. The van der Waals surface area contributed by atoms with Crippen LogP contribution in [0.5, 0.6) is 0 Å².